The average Bonchev–Trinajstić information content (AvgIpc) is 2.87. The van der Waals surface area contributed by atoms with Gasteiger partial charge < -0.3 is 4.42 Å². The summed E-state index contributed by atoms with van der Waals surface area (Å²) >= 11 is 0. The Morgan fingerprint density at radius 3 is 3.00 bits per heavy atom. The minimum absolute atomic E-state index is 0.0926. The summed E-state index contributed by atoms with van der Waals surface area (Å²) in [6.45, 7) is 2.29. The summed E-state index contributed by atoms with van der Waals surface area (Å²) in [5, 5.41) is 0. The van der Waals surface area contributed by atoms with Crippen molar-refractivity contribution in [3.8, 4) is 0 Å². The maximum absolute atomic E-state index is 11.8. The summed E-state index contributed by atoms with van der Waals surface area (Å²) < 4.78 is 30.4. The highest BCUT2D eigenvalue weighted by Gasteiger charge is 2.35. The molecule has 2 heterocycles. The third kappa shape index (κ3) is 1.94. The Balaban J connectivity index is 2.27. The standard InChI is InChI=1S/C10H15NO3S/c1-2-15(12,13)11-7-3-5-9(11)10-6-4-8-14-10/h4,6,8-9H,2-3,5,7H2,1H3/t9-/m0/s1. The highest BCUT2D eigenvalue weighted by Crippen LogP contribution is 2.34. The van der Waals surface area contributed by atoms with Crippen LogP contribution in [0.2, 0.25) is 0 Å². The molecule has 5 heteroatoms. The maximum atomic E-state index is 11.8. The summed E-state index contributed by atoms with van der Waals surface area (Å²) in [5.41, 5.74) is 0. The van der Waals surface area contributed by atoms with Gasteiger partial charge in [-0.3, -0.25) is 0 Å². The van der Waals surface area contributed by atoms with Crippen LogP contribution in [0, 0.1) is 0 Å². The zero-order valence-electron chi connectivity index (χ0n) is 8.72. The monoisotopic (exact) mass is 229 g/mol. The zero-order chi connectivity index (χ0) is 10.9. The van der Waals surface area contributed by atoms with Gasteiger partial charge in [-0.25, -0.2) is 8.42 Å². The largest absolute Gasteiger partial charge is 0.468 e. The van der Waals surface area contributed by atoms with Crippen molar-refractivity contribution >= 4 is 10.0 Å². The van der Waals surface area contributed by atoms with Crippen LogP contribution in [0.5, 0.6) is 0 Å². The van der Waals surface area contributed by atoms with Crippen molar-refractivity contribution in [1.82, 2.24) is 4.31 Å². The van der Waals surface area contributed by atoms with Gasteiger partial charge in [0.15, 0.2) is 0 Å². The molecule has 1 aromatic rings. The van der Waals surface area contributed by atoms with Gasteiger partial charge in [0.25, 0.3) is 0 Å². The molecule has 1 aliphatic heterocycles. The number of hydrogen-bond donors (Lipinski definition) is 0. The van der Waals surface area contributed by atoms with Gasteiger partial charge in [-0.05, 0) is 31.9 Å². The van der Waals surface area contributed by atoms with E-state index >= 15 is 0 Å². The van der Waals surface area contributed by atoms with E-state index in [-0.39, 0.29) is 11.8 Å². The van der Waals surface area contributed by atoms with E-state index in [1.807, 2.05) is 6.07 Å². The molecule has 0 bridgehead atoms. The topological polar surface area (TPSA) is 50.5 Å². The Bertz CT molecular complexity index is 410. The molecule has 1 aromatic heterocycles. The van der Waals surface area contributed by atoms with E-state index in [2.05, 4.69) is 0 Å². The van der Waals surface area contributed by atoms with Crippen molar-refractivity contribution in [3.63, 3.8) is 0 Å². The predicted molar refractivity (Wildman–Crippen MR) is 56.8 cm³/mol. The average molecular weight is 229 g/mol. The van der Waals surface area contributed by atoms with Gasteiger partial charge in [0.05, 0.1) is 18.1 Å². The van der Waals surface area contributed by atoms with E-state index in [1.54, 1.807) is 23.6 Å². The van der Waals surface area contributed by atoms with E-state index in [9.17, 15) is 8.42 Å². The van der Waals surface area contributed by atoms with Crippen LogP contribution in [0.4, 0.5) is 0 Å². The number of sulfonamides is 1. The Hall–Kier alpha value is -0.810. The Morgan fingerprint density at radius 2 is 2.40 bits per heavy atom. The highest BCUT2D eigenvalue weighted by molar-refractivity contribution is 7.89. The van der Waals surface area contributed by atoms with Crippen molar-refractivity contribution in [3.05, 3.63) is 24.2 Å². The lowest BCUT2D eigenvalue weighted by molar-refractivity contribution is 0.340. The first kappa shape index (κ1) is 10.7. The molecule has 15 heavy (non-hydrogen) atoms. The molecular weight excluding hydrogens is 214 g/mol. The van der Waals surface area contributed by atoms with Gasteiger partial charge >= 0.3 is 0 Å². The van der Waals surface area contributed by atoms with Crippen molar-refractivity contribution in [2.75, 3.05) is 12.3 Å². The van der Waals surface area contributed by atoms with Gasteiger partial charge in [0.1, 0.15) is 5.76 Å². The third-order valence-corrected chi connectivity index (χ3v) is 4.68. The highest BCUT2D eigenvalue weighted by atomic mass is 32.2. The molecule has 0 radical (unpaired) electrons. The van der Waals surface area contributed by atoms with Crippen molar-refractivity contribution in [2.24, 2.45) is 0 Å². The maximum Gasteiger partial charge on any atom is 0.214 e. The van der Waals surface area contributed by atoms with Crippen LogP contribution in [0.15, 0.2) is 22.8 Å². The summed E-state index contributed by atoms with van der Waals surface area (Å²) in [7, 11) is -3.10. The second kappa shape index (κ2) is 3.98. The van der Waals surface area contributed by atoms with Gasteiger partial charge in [-0.2, -0.15) is 4.31 Å². The first-order valence-corrected chi connectivity index (χ1v) is 6.79. The third-order valence-electron chi connectivity index (χ3n) is 2.80. The van der Waals surface area contributed by atoms with Crippen LogP contribution in [-0.4, -0.2) is 25.0 Å². The fraction of sp³-hybridized carbons (Fsp3) is 0.600. The molecule has 0 saturated carbocycles. The molecule has 0 unspecified atom stereocenters. The molecule has 0 spiro atoms. The molecule has 4 nitrogen and oxygen atoms in total. The number of hydrogen-bond acceptors (Lipinski definition) is 3. The van der Waals surface area contributed by atoms with E-state index in [1.165, 1.54) is 0 Å². The minimum Gasteiger partial charge on any atom is -0.468 e. The molecule has 1 saturated heterocycles. The second-order valence-corrected chi connectivity index (χ2v) is 5.89. The van der Waals surface area contributed by atoms with E-state index < -0.39 is 10.0 Å². The Morgan fingerprint density at radius 1 is 1.60 bits per heavy atom. The Kier molecular flexibility index (Phi) is 2.84. The van der Waals surface area contributed by atoms with Crippen LogP contribution in [0.3, 0.4) is 0 Å². The van der Waals surface area contributed by atoms with Crippen molar-refractivity contribution < 1.29 is 12.8 Å². The van der Waals surface area contributed by atoms with Crippen LogP contribution in [0.25, 0.3) is 0 Å². The van der Waals surface area contributed by atoms with Crippen LogP contribution in [-0.2, 0) is 10.0 Å². The molecule has 2 rings (SSSR count). The molecule has 84 valence electrons. The molecule has 0 amide bonds. The zero-order valence-corrected chi connectivity index (χ0v) is 9.53. The van der Waals surface area contributed by atoms with E-state index in [0.29, 0.717) is 6.54 Å². The molecule has 0 aliphatic carbocycles. The fourth-order valence-corrected chi connectivity index (χ4v) is 3.34. The van der Waals surface area contributed by atoms with Gasteiger partial charge in [-0.1, -0.05) is 0 Å². The van der Waals surface area contributed by atoms with Gasteiger partial charge in [-0.15, -0.1) is 0 Å². The second-order valence-electron chi connectivity index (χ2n) is 3.68. The number of nitrogens with zero attached hydrogens (tertiary/aromatic N) is 1. The fourth-order valence-electron chi connectivity index (χ4n) is 2.00. The molecule has 0 aromatic carbocycles. The lowest BCUT2D eigenvalue weighted by atomic mass is 10.2. The molecule has 1 aliphatic rings. The predicted octanol–water partition coefficient (Wildman–Crippen LogP) is 1.77. The minimum atomic E-state index is -3.10. The van der Waals surface area contributed by atoms with E-state index in [0.717, 1.165) is 18.6 Å². The number of furan rings is 1. The van der Waals surface area contributed by atoms with Crippen molar-refractivity contribution in [1.29, 1.82) is 0 Å². The van der Waals surface area contributed by atoms with E-state index in [4.69, 9.17) is 4.42 Å². The Labute approximate surface area is 89.9 Å². The lowest BCUT2D eigenvalue weighted by Gasteiger charge is -2.21. The lowest BCUT2D eigenvalue weighted by Crippen LogP contribution is -2.31. The molecule has 0 N–H and O–H groups in total. The quantitative estimate of drug-likeness (QED) is 0.793. The first-order valence-electron chi connectivity index (χ1n) is 5.18. The summed E-state index contributed by atoms with van der Waals surface area (Å²) in [6.07, 6.45) is 3.35. The van der Waals surface area contributed by atoms with Gasteiger partial charge in [0.2, 0.25) is 10.0 Å². The molecular formula is C10H15NO3S. The summed E-state index contributed by atoms with van der Waals surface area (Å²) in [4.78, 5) is 0. The van der Waals surface area contributed by atoms with Crippen molar-refractivity contribution in [2.45, 2.75) is 25.8 Å². The van der Waals surface area contributed by atoms with Gasteiger partial charge in [0, 0.05) is 6.54 Å². The summed E-state index contributed by atoms with van der Waals surface area (Å²) in [6, 6.07) is 3.54. The molecule has 1 fully saturated rings. The SMILES string of the molecule is CCS(=O)(=O)N1CCC[C@H]1c1ccco1. The van der Waals surface area contributed by atoms with Crippen LogP contribution in [0.1, 0.15) is 31.6 Å². The smallest absolute Gasteiger partial charge is 0.214 e. The van der Waals surface area contributed by atoms with Crippen LogP contribution < -0.4 is 0 Å². The number of rotatable bonds is 3. The first-order chi connectivity index (χ1) is 7.15. The molecule has 1 atom stereocenters. The normalized spacial score (nSPS) is 23.4. The van der Waals surface area contributed by atoms with Crippen LogP contribution >= 0.6 is 0 Å². The summed E-state index contributed by atoms with van der Waals surface area (Å²) in [5.74, 6) is 0.911.